The third-order valence-electron chi connectivity index (χ3n) is 1.26. The van der Waals surface area contributed by atoms with Crippen molar-refractivity contribution in [1.82, 2.24) is 0 Å². The van der Waals surface area contributed by atoms with Crippen LogP contribution in [0.3, 0.4) is 0 Å². The molecule has 0 aliphatic heterocycles. The van der Waals surface area contributed by atoms with Gasteiger partial charge in [-0.05, 0) is 19.3 Å². The molecule has 0 unspecified atom stereocenters. The Labute approximate surface area is 94.8 Å². The highest BCUT2D eigenvalue weighted by Gasteiger charge is 1.86. The lowest BCUT2D eigenvalue weighted by molar-refractivity contribution is -0.134. The zero-order valence-electron chi connectivity index (χ0n) is 8.96. The zero-order chi connectivity index (χ0) is 11.5. The molecule has 0 radical (unpaired) electrons. The van der Waals surface area contributed by atoms with E-state index < -0.39 is 5.97 Å². The fourth-order valence-corrected chi connectivity index (χ4v) is 0.983. The second-order valence-electron chi connectivity index (χ2n) is 2.23. The lowest BCUT2D eigenvalue weighted by atomic mass is 10.4. The van der Waals surface area contributed by atoms with Crippen molar-refractivity contribution in [2.24, 2.45) is 0 Å². The quantitative estimate of drug-likeness (QED) is 0.404. The number of carbonyl (C=O) groups excluding carboxylic acids is 1. The maximum absolute atomic E-state index is 10.6. The van der Waals surface area contributed by atoms with E-state index in [4.69, 9.17) is 0 Å². The monoisotopic (exact) mass is 220 g/mol. The van der Waals surface area contributed by atoms with Crippen LogP contribution in [0, 0.1) is 23.7 Å². The van der Waals surface area contributed by atoms with Gasteiger partial charge in [0.15, 0.2) is 0 Å². The Morgan fingerprint density at radius 1 is 1.40 bits per heavy atom. The first-order valence-corrected chi connectivity index (χ1v) is 5.39. The van der Waals surface area contributed by atoms with Crippen LogP contribution < -0.4 is 0 Å². The number of methoxy groups -OCH3 is 1. The van der Waals surface area contributed by atoms with E-state index >= 15 is 0 Å². The molecule has 0 N–H and O–H groups in total. The van der Waals surface area contributed by atoms with Crippen LogP contribution in [-0.4, -0.2) is 19.3 Å². The number of hydrogen-bond donors (Lipinski definition) is 0. The van der Waals surface area contributed by atoms with Gasteiger partial charge in [0.25, 0.3) is 0 Å². The highest BCUT2D eigenvalue weighted by molar-refractivity contribution is 8.02. The molecule has 15 heavy (non-hydrogen) atoms. The van der Waals surface area contributed by atoms with E-state index in [1.165, 1.54) is 31.0 Å². The van der Waals surface area contributed by atoms with Gasteiger partial charge in [0.1, 0.15) is 0 Å². The second-order valence-corrected chi connectivity index (χ2v) is 3.08. The lowest BCUT2D eigenvalue weighted by Gasteiger charge is -1.86. The van der Waals surface area contributed by atoms with Gasteiger partial charge in [-0.1, -0.05) is 17.8 Å². The van der Waals surface area contributed by atoms with Gasteiger partial charge in [-0.15, -0.1) is 17.7 Å². The molecule has 78 valence electrons. The summed E-state index contributed by atoms with van der Waals surface area (Å²) in [6.45, 7) is 1.77. The van der Waals surface area contributed by atoms with Gasteiger partial charge in [-0.25, -0.2) is 4.79 Å². The molecule has 0 rings (SSSR count). The summed E-state index contributed by atoms with van der Waals surface area (Å²) >= 11 is 1.53. The van der Waals surface area contributed by atoms with Gasteiger partial charge in [0.2, 0.25) is 0 Å². The van der Waals surface area contributed by atoms with Gasteiger partial charge in [-0.2, -0.15) is 0 Å². The Morgan fingerprint density at radius 3 is 2.67 bits per heavy atom. The first-order chi connectivity index (χ1) is 7.24. The van der Waals surface area contributed by atoms with Crippen molar-refractivity contribution in [1.29, 1.82) is 0 Å². The third-order valence-corrected chi connectivity index (χ3v) is 1.92. The molecular weight excluding hydrogens is 208 g/mol. The van der Waals surface area contributed by atoms with Crippen molar-refractivity contribution in [2.45, 2.75) is 6.92 Å². The Bertz CT molecular complexity index is 383. The number of rotatable bonds is 2. The molecule has 0 bridgehead atoms. The van der Waals surface area contributed by atoms with Crippen LogP contribution in [0.5, 0.6) is 0 Å². The molecule has 2 nitrogen and oxygen atoms in total. The Kier molecular flexibility index (Phi) is 8.05. The Balaban J connectivity index is 4.34. The minimum Gasteiger partial charge on any atom is -0.466 e. The predicted molar refractivity (Wildman–Crippen MR) is 64.0 cm³/mol. The van der Waals surface area contributed by atoms with E-state index in [0.717, 1.165) is 4.91 Å². The number of esters is 1. The van der Waals surface area contributed by atoms with Gasteiger partial charge < -0.3 is 4.74 Å². The van der Waals surface area contributed by atoms with Crippen LogP contribution in [-0.2, 0) is 9.53 Å². The lowest BCUT2D eigenvalue weighted by Crippen LogP contribution is -1.92. The van der Waals surface area contributed by atoms with Gasteiger partial charge in [-0.3, -0.25) is 0 Å². The molecule has 0 amide bonds. The normalized spacial score (nSPS) is 9.93. The van der Waals surface area contributed by atoms with Crippen molar-refractivity contribution in [3.05, 3.63) is 23.1 Å². The number of hydrogen-bond acceptors (Lipinski definition) is 3. The zero-order valence-corrected chi connectivity index (χ0v) is 9.77. The summed E-state index contributed by atoms with van der Waals surface area (Å²) in [5, 5.41) is 0. The minimum absolute atomic E-state index is 0.410. The van der Waals surface area contributed by atoms with E-state index in [9.17, 15) is 4.79 Å². The summed E-state index contributed by atoms with van der Waals surface area (Å²) in [7, 11) is 1.32. The number of allylic oxidation sites excluding steroid dienone is 3. The molecule has 3 heteroatoms. The second kappa shape index (κ2) is 8.99. The summed E-state index contributed by atoms with van der Waals surface area (Å²) in [4.78, 5) is 11.5. The van der Waals surface area contributed by atoms with Crippen molar-refractivity contribution in [3.63, 3.8) is 0 Å². The molecule has 0 fully saturated rings. The summed E-state index contributed by atoms with van der Waals surface area (Å²) in [5.41, 5.74) is 0. The van der Waals surface area contributed by atoms with Crippen LogP contribution in [0.25, 0.3) is 0 Å². The SMILES string of the molecule is CC#C/C(=C/C#C/C=C/C(=O)OC)SC. The molecule has 0 aromatic rings. The van der Waals surface area contributed by atoms with E-state index in [-0.39, 0.29) is 0 Å². The molecule has 0 saturated heterocycles. The van der Waals surface area contributed by atoms with Crippen molar-refractivity contribution in [3.8, 4) is 23.7 Å². The third kappa shape index (κ3) is 7.49. The van der Waals surface area contributed by atoms with Crippen LogP contribution in [0.4, 0.5) is 0 Å². The van der Waals surface area contributed by atoms with Crippen LogP contribution in [0.2, 0.25) is 0 Å². The van der Waals surface area contributed by atoms with E-state index in [2.05, 4.69) is 28.4 Å². The molecule has 0 aromatic heterocycles. The number of carbonyl (C=O) groups is 1. The topological polar surface area (TPSA) is 26.3 Å². The standard InChI is InChI=1S/C12H12O2S/c1-4-8-11(15-3)9-6-5-7-10-12(13)14-2/h7,9-10H,1-3H3/b10-7+,11-9-. The predicted octanol–water partition coefficient (Wildman–Crippen LogP) is 1.99. The van der Waals surface area contributed by atoms with E-state index in [1.807, 2.05) is 6.26 Å². The number of thioether (sulfide) groups is 1. The average Bonchev–Trinajstić information content (AvgIpc) is 2.26. The first-order valence-electron chi connectivity index (χ1n) is 4.17. The van der Waals surface area contributed by atoms with Crippen LogP contribution in [0.15, 0.2) is 23.1 Å². The van der Waals surface area contributed by atoms with Gasteiger partial charge in [0.05, 0.1) is 12.0 Å². The maximum Gasteiger partial charge on any atom is 0.331 e. The summed E-state index contributed by atoms with van der Waals surface area (Å²) in [6.07, 6.45) is 6.36. The molecule has 0 aromatic carbocycles. The van der Waals surface area contributed by atoms with Gasteiger partial charge in [0, 0.05) is 12.2 Å². The minimum atomic E-state index is -0.410. The molecule has 0 saturated carbocycles. The highest BCUT2D eigenvalue weighted by atomic mass is 32.2. The molecule has 0 spiro atoms. The number of ether oxygens (including phenoxy) is 1. The molecule has 0 aliphatic carbocycles. The Morgan fingerprint density at radius 2 is 2.13 bits per heavy atom. The summed E-state index contributed by atoms with van der Waals surface area (Å²) < 4.78 is 4.40. The molecule has 0 heterocycles. The van der Waals surface area contributed by atoms with Crippen molar-refractivity contribution < 1.29 is 9.53 Å². The fraction of sp³-hybridized carbons (Fsp3) is 0.250. The van der Waals surface area contributed by atoms with Crippen LogP contribution >= 0.6 is 11.8 Å². The van der Waals surface area contributed by atoms with E-state index in [0.29, 0.717) is 0 Å². The Hall–Kier alpha value is -1.58. The summed E-state index contributed by atoms with van der Waals surface area (Å²) in [6, 6.07) is 0. The fourth-order valence-electron chi connectivity index (χ4n) is 0.602. The maximum atomic E-state index is 10.6. The molecule has 0 aliphatic rings. The van der Waals surface area contributed by atoms with E-state index in [1.54, 1.807) is 13.0 Å². The molecular formula is C12H12O2S. The van der Waals surface area contributed by atoms with Gasteiger partial charge >= 0.3 is 5.97 Å². The average molecular weight is 220 g/mol. The van der Waals surface area contributed by atoms with Crippen molar-refractivity contribution >= 4 is 17.7 Å². The van der Waals surface area contributed by atoms with Crippen molar-refractivity contribution in [2.75, 3.05) is 13.4 Å². The largest absolute Gasteiger partial charge is 0.466 e. The first kappa shape index (κ1) is 13.4. The summed E-state index contributed by atoms with van der Waals surface area (Å²) in [5.74, 6) is 10.7. The smallest absolute Gasteiger partial charge is 0.331 e. The molecule has 0 atom stereocenters. The highest BCUT2D eigenvalue weighted by Crippen LogP contribution is 2.08. The van der Waals surface area contributed by atoms with Crippen LogP contribution in [0.1, 0.15) is 6.92 Å².